The highest BCUT2D eigenvalue weighted by Gasteiger charge is 2.12. The number of carbonyl (C=O) groups excluding carboxylic acids is 1. The van der Waals surface area contributed by atoms with Crippen molar-refractivity contribution in [2.45, 2.75) is 26.3 Å². The first-order valence-electron chi connectivity index (χ1n) is 6.53. The predicted molar refractivity (Wildman–Crippen MR) is 77.5 cm³/mol. The van der Waals surface area contributed by atoms with Crippen LogP contribution in [0, 0.1) is 0 Å². The van der Waals surface area contributed by atoms with E-state index in [1.807, 2.05) is 35.8 Å². The van der Waals surface area contributed by atoms with Gasteiger partial charge in [-0.2, -0.15) is 0 Å². The van der Waals surface area contributed by atoms with Gasteiger partial charge in [-0.05, 0) is 18.6 Å². The number of fused-ring (bicyclic) bond motifs is 1. The topological polar surface area (TPSA) is 46.9 Å². The molecule has 0 spiro atoms. The van der Waals surface area contributed by atoms with E-state index >= 15 is 0 Å². The van der Waals surface area contributed by atoms with Gasteiger partial charge in [0.05, 0.1) is 11.0 Å². The molecule has 0 aliphatic heterocycles. The van der Waals surface area contributed by atoms with Crippen molar-refractivity contribution in [2.24, 2.45) is 0 Å². The summed E-state index contributed by atoms with van der Waals surface area (Å²) >= 11 is 5.80. The average Bonchev–Trinajstić information content (AvgIpc) is 2.75. The predicted octanol–water partition coefficient (Wildman–Crippen LogP) is 2.34. The van der Waals surface area contributed by atoms with E-state index < -0.39 is 0 Å². The number of aromatic nitrogens is 2. The van der Waals surface area contributed by atoms with Gasteiger partial charge < -0.3 is 9.88 Å². The summed E-state index contributed by atoms with van der Waals surface area (Å²) in [4.78, 5) is 16.4. The van der Waals surface area contributed by atoms with Crippen LogP contribution in [0.3, 0.4) is 0 Å². The van der Waals surface area contributed by atoms with Crippen molar-refractivity contribution in [3.8, 4) is 0 Å². The molecule has 102 valence electrons. The Morgan fingerprint density at radius 3 is 2.95 bits per heavy atom. The highest BCUT2D eigenvalue weighted by Crippen LogP contribution is 2.16. The zero-order chi connectivity index (χ0) is 13.7. The minimum atomic E-state index is 0.0147. The van der Waals surface area contributed by atoms with Gasteiger partial charge in [0.1, 0.15) is 12.4 Å². The maximum Gasteiger partial charge on any atom is 0.240 e. The number of amides is 1. The second kappa shape index (κ2) is 6.57. The number of imidazole rings is 1. The van der Waals surface area contributed by atoms with Crippen LogP contribution < -0.4 is 5.32 Å². The second-order valence-corrected chi connectivity index (χ2v) is 4.77. The van der Waals surface area contributed by atoms with Crippen molar-refractivity contribution in [3.63, 3.8) is 0 Å². The molecule has 0 bridgehead atoms. The van der Waals surface area contributed by atoms with Crippen molar-refractivity contribution in [3.05, 3.63) is 30.1 Å². The molecule has 1 N–H and O–H groups in total. The average molecular weight is 280 g/mol. The molecule has 5 heteroatoms. The van der Waals surface area contributed by atoms with Crippen LogP contribution in [-0.2, 0) is 17.8 Å². The fraction of sp³-hybridized carbons (Fsp3) is 0.429. The fourth-order valence-electron chi connectivity index (χ4n) is 2.04. The molecule has 1 heterocycles. The molecule has 0 unspecified atom stereocenters. The molecule has 0 saturated heterocycles. The summed E-state index contributed by atoms with van der Waals surface area (Å²) in [6.07, 6.45) is 1.60. The van der Waals surface area contributed by atoms with Gasteiger partial charge in [-0.3, -0.25) is 4.79 Å². The van der Waals surface area contributed by atoms with Crippen molar-refractivity contribution < 1.29 is 4.79 Å². The van der Waals surface area contributed by atoms with Gasteiger partial charge >= 0.3 is 0 Å². The van der Waals surface area contributed by atoms with Crippen molar-refractivity contribution in [1.82, 2.24) is 14.9 Å². The number of alkyl halides is 1. The third-order valence-electron chi connectivity index (χ3n) is 2.93. The van der Waals surface area contributed by atoms with Crippen LogP contribution in [0.25, 0.3) is 11.0 Å². The molecule has 1 amide bonds. The van der Waals surface area contributed by atoms with Crippen molar-refractivity contribution in [1.29, 1.82) is 0 Å². The molecule has 2 rings (SSSR count). The molecule has 1 aromatic heterocycles. The summed E-state index contributed by atoms with van der Waals surface area (Å²) in [5.41, 5.74) is 1.89. The largest absolute Gasteiger partial charge is 0.355 e. The molecule has 2 aromatic rings. The number of rotatable bonds is 6. The summed E-state index contributed by atoms with van der Waals surface area (Å²) in [6, 6.07) is 7.83. The Kier molecular flexibility index (Phi) is 4.80. The van der Waals surface area contributed by atoms with E-state index in [4.69, 9.17) is 11.6 Å². The molecule has 19 heavy (non-hydrogen) atoms. The van der Waals surface area contributed by atoms with E-state index in [1.54, 1.807) is 0 Å². The standard InChI is InChI=1S/C14H18ClN3O/c1-2-9-16-14(19)10-18-12-6-4-3-5-11(12)17-13(18)7-8-15/h3-6H,2,7-10H2,1H3,(H,16,19). The molecule has 0 radical (unpaired) electrons. The van der Waals surface area contributed by atoms with Crippen molar-refractivity contribution >= 4 is 28.5 Å². The first-order valence-corrected chi connectivity index (χ1v) is 7.06. The minimum Gasteiger partial charge on any atom is -0.355 e. The van der Waals surface area contributed by atoms with Crippen LogP contribution in [0.1, 0.15) is 19.2 Å². The number of halogens is 1. The summed E-state index contributed by atoms with van der Waals surface area (Å²) in [6.45, 7) is 3.04. The zero-order valence-electron chi connectivity index (χ0n) is 11.0. The maximum atomic E-state index is 11.9. The Labute approximate surface area is 117 Å². The number of carbonyl (C=O) groups is 1. The lowest BCUT2D eigenvalue weighted by Gasteiger charge is -2.08. The molecule has 0 aliphatic rings. The van der Waals surface area contributed by atoms with E-state index in [0.717, 1.165) is 23.3 Å². The Morgan fingerprint density at radius 1 is 1.42 bits per heavy atom. The first-order chi connectivity index (χ1) is 9.26. The van der Waals surface area contributed by atoms with Gasteiger partial charge in [0, 0.05) is 18.8 Å². The molecular formula is C14H18ClN3O. The molecule has 1 aromatic carbocycles. The lowest BCUT2D eigenvalue weighted by Crippen LogP contribution is -2.28. The van der Waals surface area contributed by atoms with E-state index in [-0.39, 0.29) is 5.91 Å². The van der Waals surface area contributed by atoms with Gasteiger partial charge in [-0.25, -0.2) is 4.98 Å². The summed E-state index contributed by atoms with van der Waals surface area (Å²) < 4.78 is 1.95. The summed E-state index contributed by atoms with van der Waals surface area (Å²) in [7, 11) is 0. The van der Waals surface area contributed by atoms with Crippen LogP contribution >= 0.6 is 11.6 Å². The van der Waals surface area contributed by atoms with E-state index in [2.05, 4.69) is 10.3 Å². The molecular weight excluding hydrogens is 262 g/mol. The number of aryl methyl sites for hydroxylation is 1. The van der Waals surface area contributed by atoms with Gasteiger partial charge in [-0.15, -0.1) is 11.6 Å². The smallest absolute Gasteiger partial charge is 0.240 e. The lowest BCUT2D eigenvalue weighted by molar-refractivity contribution is -0.121. The quantitative estimate of drug-likeness (QED) is 0.825. The van der Waals surface area contributed by atoms with E-state index in [0.29, 0.717) is 25.4 Å². The summed E-state index contributed by atoms with van der Waals surface area (Å²) in [5.74, 6) is 1.38. The SMILES string of the molecule is CCCNC(=O)Cn1c(CCCl)nc2ccccc21. The molecule has 0 aliphatic carbocycles. The Morgan fingerprint density at radius 2 is 2.21 bits per heavy atom. The van der Waals surface area contributed by atoms with Crippen LogP contribution in [0.2, 0.25) is 0 Å². The first kappa shape index (κ1) is 13.9. The maximum absolute atomic E-state index is 11.9. The van der Waals surface area contributed by atoms with Gasteiger partial charge in [0.15, 0.2) is 0 Å². The summed E-state index contributed by atoms with van der Waals surface area (Å²) in [5, 5.41) is 2.88. The third kappa shape index (κ3) is 3.26. The number of hydrogen-bond acceptors (Lipinski definition) is 2. The van der Waals surface area contributed by atoms with Gasteiger partial charge in [0.25, 0.3) is 0 Å². The monoisotopic (exact) mass is 279 g/mol. The van der Waals surface area contributed by atoms with E-state index in [1.165, 1.54) is 0 Å². The third-order valence-corrected chi connectivity index (χ3v) is 3.11. The normalized spacial score (nSPS) is 10.8. The number of hydrogen-bond donors (Lipinski definition) is 1. The van der Waals surface area contributed by atoms with Crippen LogP contribution in [-0.4, -0.2) is 27.9 Å². The van der Waals surface area contributed by atoms with Crippen LogP contribution in [0.4, 0.5) is 0 Å². The molecule has 0 saturated carbocycles. The zero-order valence-corrected chi connectivity index (χ0v) is 11.8. The molecule has 4 nitrogen and oxygen atoms in total. The Hall–Kier alpha value is -1.55. The number of nitrogens with zero attached hydrogens (tertiary/aromatic N) is 2. The Bertz CT molecular complexity index is 565. The van der Waals surface area contributed by atoms with Gasteiger partial charge in [0.2, 0.25) is 5.91 Å². The number of nitrogens with one attached hydrogen (secondary N) is 1. The number of para-hydroxylation sites is 2. The van der Waals surface area contributed by atoms with Crippen LogP contribution in [0.15, 0.2) is 24.3 Å². The van der Waals surface area contributed by atoms with Gasteiger partial charge in [-0.1, -0.05) is 19.1 Å². The minimum absolute atomic E-state index is 0.0147. The highest BCUT2D eigenvalue weighted by molar-refractivity contribution is 6.17. The lowest BCUT2D eigenvalue weighted by atomic mass is 10.3. The number of benzene rings is 1. The highest BCUT2D eigenvalue weighted by atomic mass is 35.5. The molecule has 0 fully saturated rings. The van der Waals surface area contributed by atoms with E-state index in [9.17, 15) is 4.79 Å². The second-order valence-electron chi connectivity index (χ2n) is 4.39. The Balaban J connectivity index is 2.28. The fourth-order valence-corrected chi connectivity index (χ4v) is 2.21. The molecule has 0 atom stereocenters. The van der Waals surface area contributed by atoms with Crippen molar-refractivity contribution in [2.75, 3.05) is 12.4 Å². The van der Waals surface area contributed by atoms with Crippen LogP contribution in [0.5, 0.6) is 0 Å².